The van der Waals surface area contributed by atoms with Crippen LogP contribution in [0.5, 0.6) is 0 Å². The van der Waals surface area contributed by atoms with E-state index in [1.165, 1.54) is 11.0 Å². The van der Waals surface area contributed by atoms with Crippen LogP contribution in [0.3, 0.4) is 0 Å². The van der Waals surface area contributed by atoms with Gasteiger partial charge in [-0.15, -0.1) is 0 Å². The number of carboxylic acid groups (broad SMARTS) is 1. The van der Waals surface area contributed by atoms with Gasteiger partial charge < -0.3 is 81.6 Å². The van der Waals surface area contributed by atoms with E-state index in [1.54, 1.807) is 7.11 Å². The number of methoxy groups -OCH3 is 1. The molecular weight excluding hydrogens is 748 g/mol. The zero-order valence-electron chi connectivity index (χ0n) is 33.1. The Kier molecular flexibility index (Phi) is 34.9. The number of hydrogen-bond acceptors (Lipinski definition) is 17. The molecule has 0 unspecified atom stereocenters. The zero-order valence-corrected chi connectivity index (χ0v) is 33.1. The van der Waals surface area contributed by atoms with Crippen molar-refractivity contribution < 1.29 is 85.8 Å². The third-order valence-corrected chi connectivity index (χ3v) is 7.31. The Labute approximate surface area is 330 Å². The van der Waals surface area contributed by atoms with Gasteiger partial charge in [-0.3, -0.25) is 4.79 Å². The summed E-state index contributed by atoms with van der Waals surface area (Å²) in [7, 11) is 1.64. The summed E-state index contributed by atoms with van der Waals surface area (Å²) < 4.78 is 75.1. The average molecular weight is 815 g/mol. The smallest absolute Gasteiger partial charge is 0.407 e. The number of amides is 2. The van der Waals surface area contributed by atoms with Crippen LogP contribution >= 0.6 is 0 Å². The summed E-state index contributed by atoms with van der Waals surface area (Å²) in [4.78, 5) is 36.7. The van der Waals surface area contributed by atoms with Gasteiger partial charge in [0.25, 0.3) is 0 Å². The van der Waals surface area contributed by atoms with E-state index < -0.39 is 24.3 Å². The van der Waals surface area contributed by atoms with Gasteiger partial charge in [0.05, 0.1) is 178 Å². The van der Waals surface area contributed by atoms with E-state index in [2.05, 4.69) is 11.9 Å². The van der Waals surface area contributed by atoms with Crippen LogP contribution in [0.1, 0.15) is 6.42 Å². The summed E-state index contributed by atoms with van der Waals surface area (Å²) >= 11 is 0. The van der Waals surface area contributed by atoms with E-state index in [0.29, 0.717) is 145 Å². The quantitative estimate of drug-likeness (QED) is 0.0602. The Balaban J connectivity index is 1.78. The number of nitrogens with one attached hydrogen (secondary N) is 1. The lowest BCUT2D eigenvalue weighted by atomic mass is 9.93. The molecule has 328 valence electrons. The fourth-order valence-corrected chi connectivity index (χ4v) is 4.47. The van der Waals surface area contributed by atoms with Crippen LogP contribution < -0.4 is 5.32 Å². The number of hydrogen-bond donors (Lipinski definition) is 2. The van der Waals surface area contributed by atoms with Crippen LogP contribution in [0, 0.1) is 0 Å². The lowest BCUT2D eigenvalue weighted by Gasteiger charge is -2.49. The maximum absolute atomic E-state index is 12.5. The standard InChI is InChI=1S/C36H66N2O18/c1-3-5-55-35(42)37-30-36(56-29-34(40)41)31-38(32-36)33(39)4-6-44-9-10-46-13-14-48-17-18-50-21-22-52-25-26-54-28-27-53-24-23-51-20-19-49-16-15-47-12-11-45-8-7-43-2/h3H,1,4-32H2,2H3,(H,37,42)(H,40,41). The molecule has 0 atom stereocenters. The molecule has 0 aromatic heterocycles. The highest BCUT2D eigenvalue weighted by atomic mass is 16.6. The molecule has 2 amide bonds. The lowest BCUT2D eigenvalue weighted by Crippen LogP contribution is -2.69. The summed E-state index contributed by atoms with van der Waals surface area (Å²) in [5.74, 6) is -1.32. The molecule has 20 heteroatoms. The summed E-state index contributed by atoms with van der Waals surface area (Å²) in [6.07, 6.45) is 0.875. The molecule has 0 bridgehead atoms. The monoisotopic (exact) mass is 814 g/mol. The average Bonchev–Trinajstić information content (AvgIpc) is 3.17. The van der Waals surface area contributed by atoms with E-state index in [1.807, 2.05) is 0 Å². The largest absolute Gasteiger partial charge is 0.480 e. The SMILES string of the molecule is C=CCOC(=O)NCC1(OCC(=O)O)CN(C(=O)CCOCCOCCOCCOCCOCCOCCOCCOCCOCCOCCOCCOC)C1. The normalized spacial score (nSPS) is 13.4. The molecule has 0 aliphatic carbocycles. The van der Waals surface area contributed by atoms with Crippen molar-refractivity contribution in [2.45, 2.75) is 12.0 Å². The second kappa shape index (κ2) is 38.0. The van der Waals surface area contributed by atoms with Gasteiger partial charge in [-0.05, 0) is 0 Å². The van der Waals surface area contributed by atoms with Gasteiger partial charge in [0.15, 0.2) is 0 Å². The number of ether oxygens (including phenoxy) is 14. The first-order valence-corrected chi connectivity index (χ1v) is 18.9. The van der Waals surface area contributed by atoms with Crippen molar-refractivity contribution in [3.63, 3.8) is 0 Å². The topological polar surface area (TPSA) is 216 Å². The maximum atomic E-state index is 12.5. The van der Waals surface area contributed by atoms with E-state index in [9.17, 15) is 14.4 Å². The predicted octanol–water partition coefficient (Wildman–Crippen LogP) is -0.200. The van der Waals surface area contributed by atoms with Crippen molar-refractivity contribution in [1.29, 1.82) is 0 Å². The minimum Gasteiger partial charge on any atom is -0.480 e. The fourth-order valence-electron chi connectivity index (χ4n) is 4.47. The van der Waals surface area contributed by atoms with E-state index in [0.717, 1.165) is 0 Å². The summed E-state index contributed by atoms with van der Waals surface area (Å²) in [5, 5.41) is 11.5. The van der Waals surface area contributed by atoms with Gasteiger partial charge in [-0.2, -0.15) is 0 Å². The molecule has 0 spiro atoms. The van der Waals surface area contributed by atoms with Gasteiger partial charge in [-0.25, -0.2) is 9.59 Å². The number of likely N-dealkylation sites (tertiary alicyclic amines) is 1. The number of aliphatic carboxylic acids is 1. The first-order valence-electron chi connectivity index (χ1n) is 18.9. The van der Waals surface area contributed by atoms with Crippen LogP contribution in [-0.2, 0) is 75.9 Å². The van der Waals surface area contributed by atoms with E-state index in [4.69, 9.17) is 71.4 Å². The van der Waals surface area contributed by atoms with Crippen LogP contribution in [0.15, 0.2) is 12.7 Å². The van der Waals surface area contributed by atoms with Crippen molar-refractivity contribution in [2.24, 2.45) is 0 Å². The lowest BCUT2D eigenvalue weighted by molar-refractivity contribution is -0.176. The molecular formula is C36H66N2O18. The molecule has 1 fully saturated rings. The number of carboxylic acids is 1. The number of carbonyl (C=O) groups excluding carboxylic acids is 2. The molecule has 1 saturated heterocycles. The van der Waals surface area contributed by atoms with Gasteiger partial charge in [0.1, 0.15) is 18.8 Å². The second-order valence-corrected chi connectivity index (χ2v) is 11.8. The number of nitrogens with zero attached hydrogens (tertiary/aromatic N) is 1. The first-order chi connectivity index (χ1) is 27.4. The van der Waals surface area contributed by atoms with Crippen LogP contribution in [0.25, 0.3) is 0 Å². The Morgan fingerprint density at radius 3 is 1.25 bits per heavy atom. The highest BCUT2D eigenvalue weighted by molar-refractivity contribution is 5.77. The summed E-state index contributed by atoms with van der Waals surface area (Å²) in [5.41, 5.74) is -1.000. The van der Waals surface area contributed by atoms with Gasteiger partial charge in [0.2, 0.25) is 5.91 Å². The zero-order chi connectivity index (χ0) is 40.6. The number of alkyl carbamates (subject to hydrolysis) is 1. The second-order valence-electron chi connectivity index (χ2n) is 11.8. The molecule has 20 nitrogen and oxygen atoms in total. The van der Waals surface area contributed by atoms with E-state index >= 15 is 0 Å². The molecule has 0 aromatic carbocycles. The molecule has 0 radical (unpaired) electrons. The van der Waals surface area contributed by atoms with Crippen LogP contribution in [-0.4, -0.2) is 225 Å². The van der Waals surface area contributed by atoms with Crippen LogP contribution in [0.2, 0.25) is 0 Å². The Morgan fingerprint density at radius 2 is 0.929 bits per heavy atom. The van der Waals surface area contributed by atoms with E-state index in [-0.39, 0.29) is 45.2 Å². The molecule has 1 rings (SSSR count). The minimum absolute atomic E-state index is 0.00210. The molecule has 0 saturated carbocycles. The summed E-state index contributed by atoms with van der Waals surface area (Å²) in [6, 6.07) is 0. The van der Waals surface area contributed by atoms with Gasteiger partial charge in [0, 0.05) is 7.11 Å². The number of carbonyl (C=O) groups is 3. The highest BCUT2D eigenvalue weighted by Gasteiger charge is 2.46. The summed E-state index contributed by atoms with van der Waals surface area (Å²) in [6.45, 7) is 13.8. The third kappa shape index (κ3) is 31.5. The molecule has 0 aromatic rings. The Bertz CT molecular complexity index is 959. The highest BCUT2D eigenvalue weighted by Crippen LogP contribution is 2.25. The molecule has 2 N–H and O–H groups in total. The third-order valence-electron chi connectivity index (χ3n) is 7.31. The first kappa shape index (κ1) is 51.4. The van der Waals surface area contributed by atoms with Crippen LogP contribution in [0.4, 0.5) is 4.79 Å². The van der Waals surface area contributed by atoms with Crippen molar-refractivity contribution in [3.05, 3.63) is 12.7 Å². The van der Waals surface area contributed by atoms with Crippen molar-refractivity contribution in [2.75, 3.05) is 192 Å². The Morgan fingerprint density at radius 1 is 0.589 bits per heavy atom. The molecule has 1 heterocycles. The molecule has 1 aliphatic rings. The van der Waals surface area contributed by atoms with Crippen molar-refractivity contribution in [3.8, 4) is 0 Å². The number of rotatable bonds is 43. The fraction of sp³-hybridized carbons (Fsp3) is 0.861. The van der Waals surface area contributed by atoms with Crippen molar-refractivity contribution >= 4 is 18.0 Å². The van der Waals surface area contributed by atoms with Crippen molar-refractivity contribution in [1.82, 2.24) is 10.2 Å². The van der Waals surface area contributed by atoms with Gasteiger partial charge in [-0.1, -0.05) is 12.7 Å². The maximum Gasteiger partial charge on any atom is 0.407 e. The Hall–Kier alpha value is -2.57. The van der Waals surface area contributed by atoms with Gasteiger partial charge >= 0.3 is 12.1 Å². The molecule has 56 heavy (non-hydrogen) atoms. The minimum atomic E-state index is -1.15. The predicted molar refractivity (Wildman–Crippen MR) is 198 cm³/mol. The molecule has 1 aliphatic heterocycles.